The van der Waals surface area contributed by atoms with E-state index in [1.165, 1.54) is 0 Å². The minimum Gasteiger partial charge on any atom is -0.495 e. The summed E-state index contributed by atoms with van der Waals surface area (Å²) >= 11 is 0. The minimum atomic E-state index is -0.836. The highest BCUT2D eigenvalue weighted by molar-refractivity contribution is 6.00. The van der Waals surface area contributed by atoms with E-state index in [-0.39, 0.29) is 11.8 Å². The van der Waals surface area contributed by atoms with Gasteiger partial charge < -0.3 is 20.4 Å². The van der Waals surface area contributed by atoms with Crippen LogP contribution in [-0.2, 0) is 16.0 Å². The van der Waals surface area contributed by atoms with Gasteiger partial charge in [0.1, 0.15) is 11.8 Å². The number of aromatic amines is 1. The number of fused-ring (bicyclic) bond motifs is 1. The number of ether oxygens (including phenoxy) is 1. The molecule has 0 aliphatic carbocycles. The molecule has 4 aromatic carbocycles. The van der Waals surface area contributed by atoms with Gasteiger partial charge in [0.05, 0.1) is 18.7 Å². The van der Waals surface area contributed by atoms with Crippen LogP contribution < -0.4 is 15.4 Å². The first-order chi connectivity index (χ1) is 19.0. The molecule has 1 atom stereocenters. The Morgan fingerprint density at radius 2 is 1.46 bits per heavy atom. The molecule has 0 bridgehead atoms. The summed E-state index contributed by atoms with van der Waals surface area (Å²) in [6, 6.07) is 31.9. The number of methoxy groups -OCH3 is 1. The first kappa shape index (κ1) is 25.8. The molecule has 1 aromatic heterocycles. The van der Waals surface area contributed by atoms with E-state index < -0.39 is 12.0 Å². The van der Waals surface area contributed by atoms with Crippen LogP contribution >= 0.6 is 0 Å². The zero-order valence-electron chi connectivity index (χ0n) is 22.0. The van der Waals surface area contributed by atoms with Crippen molar-refractivity contribution in [2.45, 2.75) is 25.3 Å². The Bertz CT molecular complexity index is 1540. The van der Waals surface area contributed by atoms with E-state index >= 15 is 0 Å². The van der Waals surface area contributed by atoms with Gasteiger partial charge in [-0.25, -0.2) is 0 Å². The fourth-order valence-corrected chi connectivity index (χ4v) is 4.91. The molecule has 5 aromatic rings. The van der Waals surface area contributed by atoms with E-state index in [2.05, 4.69) is 15.6 Å². The maximum atomic E-state index is 14.0. The summed E-state index contributed by atoms with van der Waals surface area (Å²) in [7, 11) is 1.57. The van der Waals surface area contributed by atoms with Gasteiger partial charge in [0, 0.05) is 23.5 Å². The number of carbonyl (C=O) groups excluding carboxylic acids is 2. The van der Waals surface area contributed by atoms with E-state index in [1.807, 2.05) is 116 Å². The summed E-state index contributed by atoms with van der Waals surface area (Å²) in [5.74, 6) is -0.585. The van der Waals surface area contributed by atoms with Crippen molar-refractivity contribution in [3.05, 3.63) is 132 Å². The Morgan fingerprint density at radius 3 is 2.13 bits per heavy atom. The Kier molecular flexibility index (Phi) is 7.73. The summed E-state index contributed by atoms with van der Waals surface area (Å²) in [4.78, 5) is 31.0. The lowest BCUT2D eigenvalue weighted by molar-refractivity contribution is -0.126. The predicted octanol–water partition coefficient (Wildman–Crippen LogP) is 5.98. The lowest BCUT2D eigenvalue weighted by atomic mass is 9.90. The Morgan fingerprint density at radius 1 is 0.821 bits per heavy atom. The summed E-state index contributed by atoms with van der Waals surface area (Å²) < 4.78 is 5.47. The average Bonchev–Trinajstić information content (AvgIpc) is 3.37. The molecule has 0 spiro atoms. The zero-order valence-corrected chi connectivity index (χ0v) is 22.0. The van der Waals surface area contributed by atoms with Crippen LogP contribution in [0.25, 0.3) is 10.9 Å². The number of hydrogen-bond acceptors (Lipinski definition) is 3. The van der Waals surface area contributed by atoms with Gasteiger partial charge in [0.25, 0.3) is 0 Å². The largest absolute Gasteiger partial charge is 0.495 e. The van der Waals surface area contributed by atoms with E-state index in [0.717, 1.165) is 33.2 Å². The molecule has 0 radical (unpaired) electrons. The van der Waals surface area contributed by atoms with Crippen molar-refractivity contribution in [2.75, 3.05) is 12.4 Å². The maximum absolute atomic E-state index is 14.0. The van der Waals surface area contributed by atoms with Crippen LogP contribution in [0.3, 0.4) is 0 Å². The number of carbonyl (C=O) groups is 2. The molecular weight excluding hydrogens is 486 g/mol. The molecule has 0 saturated heterocycles. The van der Waals surface area contributed by atoms with E-state index in [4.69, 9.17) is 4.74 Å². The number of para-hydroxylation sites is 1. The molecule has 0 saturated carbocycles. The highest BCUT2D eigenvalue weighted by Crippen LogP contribution is 2.28. The number of hydrogen-bond donors (Lipinski definition) is 3. The number of aryl methyl sites for hydroxylation is 1. The number of rotatable bonds is 9. The molecule has 1 heterocycles. The second-order valence-corrected chi connectivity index (χ2v) is 9.57. The molecule has 6 nitrogen and oxygen atoms in total. The van der Waals surface area contributed by atoms with Gasteiger partial charge in [-0.3, -0.25) is 9.59 Å². The Balaban J connectivity index is 1.49. The third kappa shape index (κ3) is 5.85. The summed E-state index contributed by atoms with van der Waals surface area (Å²) in [5.41, 5.74) is 5.17. The quantitative estimate of drug-likeness (QED) is 0.225. The summed E-state index contributed by atoms with van der Waals surface area (Å²) in [5, 5.41) is 7.10. The van der Waals surface area contributed by atoms with Crippen LogP contribution in [0.15, 0.2) is 109 Å². The van der Waals surface area contributed by atoms with Gasteiger partial charge in [0.15, 0.2) is 0 Å². The van der Waals surface area contributed by atoms with Gasteiger partial charge in [-0.1, -0.05) is 84.9 Å². The van der Waals surface area contributed by atoms with Crippen LogP contribution in [0.2, 0.25) is 0 Å². The van der Waals surface area contributed by atoms with Gasteiger partial charge in [-0.2, -0.15) is 0 Å². The highest BCUT2D eigenvalue weighted by Gasteiger charge is 2.29. The number of nitrogens with one attached hydrogen (secondary N) is 3. The summed E-state index contributed by atoms with van der Waals surface area (Å²) in [6.45, 7) is 1.95. The van der Waals surface area contributed by atoms with Gasteiger partial charge >= 0.3 is 0 Å². The standard InChI is InChI=1S/C33H31N3O3/c1-22-17-18-30(39-2)28(19-22)35-32(37)29(20-25-21-34-27-16-10-9-15-26(25)27)36-33(38)31(23-11-5-3-6-12-23)24-13-7-4-8-14-24/h3-19,21,29,31,34H,20H2,1-2H3,(H,35,37)(H,36,38)/t29-/m0/s1. The van der Waals surface area contributed by atoms with Crippen molar-refractivity contribution >= 4 is 28.4 Å². The van der Waals surface area contributed by atoms with E-state index in [9.17, 15) is 9.59 Å². The molecule has 2 amide bonds. The topological polar surface area (TPSA) is 83.2 Å². The van der Waals surface area contributed by atoms with Crippen molar-refractivity contribution in [1.82, 2.24) is 10.3 Å². The number of anilines is 1. The second-order valence-electron chi connectivity index (χ2n) is 9.57. The fraction of sp³-hybridized carbons (Fsp3) is 0.152. The van der Waals surface area contributed by atoms with Crippen molar-refractivity contribution < 1.29 is 14.3 Å². The third-order valence-corrected chi connectivity index (χ3v) is 6.87. The average molecular weight is 518 g/mol. The third-order valence-electron chi connectivity index (χ3n) is 6.87. The minimum absolute atomic E-state index is 0.247. The second kappa shape index (κ2) is 11.7. The first-order valence-corrected chi connectivity index (χ1v) is 12.9. The first-order valence-electron chi connectivity index (χ1n) is 12.9. The molecule has 0 unspecified atom stereocenters. The van der Waals surface area contributed by atoms with Crippen molar-refractivity contribution in [2.24, 2.45) is 0 Å². The van der Waals surface area contributed by atoms with E-state index in [1.54, 1.807) is 7.11 Å². The smallest absolute Gasteiger partial charge is 0.247 e. The number of aromatic nitrogens is 1. The molecule has 5 rings (SSSR count). The van der Waals surface area contributed by atoms with Crippen LogP contribution in [0.1, 0.15) is 28.2 Å². The van der Waals surface area contributed by atoms with Gasteiger partial charge in [-0.05, 0) is 47.4 Å². The highest BCUT2D eigenvalue weighted by atomic mass is 16.5. The van der Waals surface area contributed by atoms with Crippen molar-refractivity contribution in [1.29, 1.82) is 0 Å². The SMILES string of the molecule is COc1ccc(C)cc1NC(=O)[C@H](Cc1c[nH]c2ccccc12)NC(=O)C(c1ccccc1)c1ccccc1. The predicted molar refractivity (Wildman–Crippen MR) is 155 cm³/mol. The monoisotopic (exact) mass is 517 g/mol. The van der Waals surface area contributed by atoms with Crippen molar-refractivity contribution in [3.63, 3.8) is 0 Å². The lowest BCUT2D eigenvalue weighted by Crippen LogP contribution is -2.47. The number of amides is 2. The lowest BCUT2D eigenvalue weighted by Gasteiger charge is -2.23. The van der Waals surface area contributed by atoms with Crippen LogP contribution in [-0.4, -0.2) is 29.9 Å². The van der Waals surface area contributed by atoms with Gasteiger partial charge in [-0.15, -0.1) is 0 Å². The van der Waals surface area contributed by atoms with E-state index in [0.29, 0.717) is 17.9 Å². The maximum Gasteiger partial charge on any atom is 0.247 e. The summed E-state index contributed by atoms with van der Waals surface area (Å²) in [6.07, 6.45) is 2.21. The molecule has 0 aliphatic rings. The molecule has 3 N–H and O–H groups in total. The fourth-order valence-electron chi connectivity index (χ4n) is 4.91. The molecule has 0 aliphatic heterocycles. The molecule has 6 heteroatoms. The van der Waals surface area contributed by atoms with Crippen LogP contribution in [0.5, 0.6) is 5.75 Å². The van der Waals surface area contributed by atoms with Gasteiger partial charge in [0.2, 0.25) is 11.8 Å². The zero-order chi connectivity index (χ0) is 27.2. The number of benzene rings is 4. The number of H-pyrrole nitrogens is 1. The molecule has 39 heavy (non-hydrogen) atoms. The van der Waals surface area contributed by atoms with Crippen LogP contribution in [0.4, 0.5) is 5.69 Å². The van der Waals surface area contributed by atoms with Crippen LogP contribution in [0, 0.1) is 6.92 Å². The normalized spacial score (nSPS) is 11.8. The Labute approximate surface area is 228 Å². The van der Waals surface area contributed by atoms with Crippen molar-refractivity contribution in [3.8, 4) is 5.75 Å². The molecule has 0 fully saturated rings. The molecule has 196 valence electrons. The molecular formula is C33H31N3O3. The Hall–Kier alpha value is -4.84.